The van der Waals surface area contributed by atoms with Crippen molar-refractivity contribution in [2.45, 2.75) is 9.79 Å². The molecular formula is C25H35N7O5S2. The van der Waals surface area contributed by atoms with Gasteiger partial charge in [-0.05, 0) is 76.7 Å². The monoisotopic (exact) mass is 577 g/mol. The maximum absolute atomic E-state index is 13.0. The number of sulfonamides is 2. The molecule has 1 heterocycles. The average Bonchev–Trinajstić information content (AvgIpc) is 2.88. The van der Waals surface area contributed by atoms with E-state index < -0.39 is 20.0 Å². The van der Waals surface area contributed by atoms with E-state index in [0.717, 1.165) is 0 Å². The van der Waals surface area contributed by atoms with Crippen LogP contribution in [0.25, 0.3) is 11.3 Å². The second-order valence-corrected chi connectivity index (χ2v) is 12.7. The van der Waals surface area contributed by atoms with Gasteiger partial charge < -0.3 is 19.9 Å². The Morgan fingerprint density at radius 1 is 0.821 bits per heavy atom. The largest absolute Gasteiger partial charge is 0.495 e. The van der Waals surface area contributed by atoms with Crippen molar-refractivity contribution in [3.05, 3.63) is 54.7 Å². The van der Waals surface area contributed by atoms with Gasteiger partial charge in [0.25, 0.3) is 0 Å². The molecule has 3 rings (SSSR count). The topological polar surface area (TPSA) is 146 Å². The summed E-state index contributed by atoms with van der Waals surface area (Å²) in [7, 11) is 1.41. The first-order valence-electron chi connectivity index (χ1n) is 12.1. The van der Waals surface area contributed by atoms with Crippen molar-refractivity contribution >= 4 is 31.7 Å². The predicted octanol–water partition coefficient (Wildman–Crippen LogP) is 1.58. The van der Waals surface area contributed by atoms with Gasteiger partial charge in [-0.15, -0.1) is 0 Å². The zero-order valence-corrected chi connectivity index (χ0v) is 24.3. The number of nitrogens with one attached hydrogen (secondary N) is 3. The van der Waals surface area contributed by atoms with Crippen molar-refractivity contribution in [1.29, 1.82) is 0 Å². The van der Waals surface area contributed by atoms with Gasteiger partial charge in [-0.25, -0.2) is 36.2 Å². The molecule has 3 aromatic rings. The second kappa shape index (κ2) is 13.3. The summed E-state index contributed by atoms with van der Waals surface area (Å²) in [5, 5.41) is 3.05. The lowest BCUT2D eigenvalue weighted by atomic mass is 10.1. The average molecular weight is 578 g/mol. The molecule has 0 atom stereocenters. The number of aromatic nitrogens is 2. The molecule has 0 spiro atoms. The fraction of sp³-hybridized carbons (Fsp3) is 0.360. The van der Waals surface area contributed by atoms with Crippen molar-refractivity contribution in [3.8, 4) is 17.0 Å². The minimum absolute atomic E-state index is 0.00497. The third-order valence-corrected chi connectivity index (χ3v) is 8.49. The molecule has 0 bridgehead atoms. The third kappa shape index (κ3) is 8.68. The Morgan fingerprint density at radius 2 is 1.44 bits per heavy atom. The van der Waals surface area contributed by atoms with Crippen LogP contribution in [0, 0.1) is 0 Å². The summed E-state index contributed by atoms with van der Waals surface area (Å²) in [5.41, 5.74) is 1.63. The standard InChI is InChI=1S/C25H35N7O5S2/c1-31(2)16-14-27-38(33,34)21-9-7-20(8-10-21)29-25-26-13-12-22(30-25)19-6-11-23(37-5)24(18-19)39(35,36)28-15-17-32(3)4/h6-13,18,27-28H,14-17H2,1-5H3,(H,26,29,30). The van der Waals surface area contributed by atoms with Gasteiger partial charge in [0.1, 0.15) is 10.6 Å². The number of anilines is 2. The molecule has 2 aromatic carbocycles. The molecule has 0 saturated carbocycles. The van der Waals surface area contributed by atoms with Gasteiger partial charge in [-0.1, -0.05) is 0 Å². The van der Waals surface area contributed by atoms with E-state index in [1.54, 1.807) is 36.5 Å². The molecule has 212 valence electrons. The van der Waals surface area contributed by atoms with E-state index in [1.165, 1.54) is 25.3 Å². The SMILES string of the molecule is COc1ccc(-c2ccnc(Nc3ccc(S(=O)(=O)NCCN(C)C)cc3)n2)cc1S(=O)(=O)NCCN(C)C. The van der Waals surface area contributed by atoms with Crippen LogP contribution in [-0.2, 0) is 20.0 Å². The molecule has 0 fully saturated rings. The molecular weight excluding hydrogens is 542 g/mol. The Morgan fingerprint density at radius 3 is 2.03 bits per heavy atom. The zero-order valence-electron chi connectivity index (χ0n) is 22.7. The van der Waals surface area contributed by atoms with Crippen LogP contribution in [0.5, 0.6) is 5.75 Å². The van der Waals surface area contributed by atoms with Crippen LogP contribution >= 0.6 is 0 Å². The van der Waals surface area contributed by atoms with Gasteiger partial charge in [0.15, 0.2) is 0 Å². The maximum Gasteiger partial charge on any atom is 0.244 e. The van der Waals surface area contributed by atoms with Crippen LogP contribution in [0.4, 0.5) is 11.6 Å². The zero-order chi connectivity index (χ0) is 28.6. The Balaban J connectivity index is 1.78. The highest BCUT2D eigenvalue weighted by Gasteiger charge is 2.21. The summed E-state index contributed by atoms with van der Waals surface area (Å²) in [6.07, 6.45) is 1.55. The van der Waals surface area contributed by atoms with Crippen molar-refractivity contribution in [1.82, 2.24) is 29.2 Å². The number of likely N-dealkylation sites (N-methyl/N-ethyl adjacent to an activating group) is 2. The molecule has 0 aliphatic heterocycles. The molecule has 0 radical (unpaired) electrons. The number of methoxy groups -OCH3 is 1. The van der Waals surface area contributed by atoms with Gasteiger partial charge in [0.05, 0.1) is 17.7 Å². The first kappa shape index (κ1) is 30.4. The van der Waals surface area contributed by atoms with E-state index in [-0.39, 0.29) is 28.0 Å². The quantitative estimate of drug-likeness (QED) is 0.258. The Labute approximate surface area is 230 Å². The lowest BCUT2D eigenvalue weighted by molar-refractivity contribution is 0.400. The minimum atomic E-state index is -3.83. The van der Waals surface area contributed by atoms with Crippen LogP contribution in [0.15, 0.2) is 64.5 Å². The summed E-state index contributed by atoms with van der Waals surface area (Å²) in [4.78, 5) is 12.7. The first-order valence-corrected chi connectivity index (χ1v) is 15.1. The van der Waals surface area contributed by atoms with Gasteiger partial charge >= 0.3 is 0 Å². The van der Waals surface area contributed by atoms with E-state index >= 15 is 0 Å². The van der Waals surface area contributed by atoms with Gasteiger partial charge in [0, 0.05) is 43.6 Å². The summed E-state index contributed by atoms with van der Waals surface area (Å²) in [5.74, 6) is 0.478. The number of hydrogen-bond acceptors (Lipinski definition) is 10. The molecule has 0 aliphatic carbocycles. The first-order chi connectivity index (χ1) is 18.4. The van der Waals surface area contributed by atoms with Crippen LogP contribution < -0.4 is 19.5 Å². The maximum atomic E-state index is 13.0. The number of nitrogens with zero attached hydrogens (tertiary/aromatic N) is 4. The van der Waals surface area contributed by atoms with Crippen LogP contribution in [-0.4, -0.2) is 98.1 Å². The molecule has 1 aromatic heterocycles. The third-order valence-electron chi connectivity index (χ3n) is 5.53. The Bertz CT molecular complexity index is 1460. The minimum Gasteiger partial charge on any atom is -0.495 e. The van der Waals surface area contributed by atoms with Gasteiger partial charge in [0.2, 0.25) is 26.0 Å². The highest BCUT2D eigenvalue weighted by atomic mass is 32.2. The molecule has 39 heavy (non-hydrogen) atoms. The summed E-state index contributed by atoms with van der Waals surface area (Å²) in [6, 6.07) is 12.7. The lowest BCUT2D eigenvalue weighted by Gasteiger charge is -2.14. The molecule has 0 amide bonds. The smallest absolute Gasteiger partial charge is 0.244 e. The Hall–Kier alpha value is -3.14. The van der Waals surface area contributed by atoms with Crippen molar-refractivity contribution in [2.24, 2.45) is 0 Å². The second-order valence-electron chi connectivity index (χ2n) is 9.18. The molecule has 3 N–H and O–H groups in total. The van der Waals surface area contributed by atoms with Crippen LogP contribution in [0.3, 0.4) is 0 Å². The molecule has 0 aliphatic rings. The molecule has 12 nitrogen and oxygen atoms in total. The molecule has 0 unspecified atom stereocenters. The number of benzene rings is 2. The summed E-state index contributed by atoms with van der Waals surface area (Å²) in [6.45, 7) is 1.68. The van der Waals surface area contributed by atoms with E-state index in [4.69, 9.17) is 4.74 Å². The fourth-order valence-electron chi connectivity index (χ4n) is 3.44. The molecule has 0 saturated heterocycles. The van der Waals surface area contributed by atoms with Crippen LogP contribution in [0.1, 0.15) is 0 Å². The Kier molecular flexibility index (Phi) is 10.4. The van der Waals surface area contributed by atoms with E-state index in [9.17, 15) is 16.8 Å². The number of hydrogen-bond donors (Lipinski definition) is 3. The summed E-state index contributed by atoms with van der Waals surface area (Å²) >= 11 is 0. The van der Waals surface area contributed by atoms with Crippen molar-refractivity contribution in [3.63, 3.8) is 0 Å². The highest BCUT2D eigenvalue weighted by molar-refractivity contribution is 7.89. The van der Waals surface area contributed by atoms with Crippen molar-refractivity contribution < 1.29 is 21.6 Å². The lowest BCUT2D eigenvalue weighted by Crippen LogP contribution is -2.31. The number of rotatable bonds is 14. The fourth-order valence-corrected chi connectivity index (χ4v) is 5.68. The number of ether oxygens (including phenoxy) is 1. The van der Waals surface area contributed by atoms with Crippen LogP contribution in [0.2, 0.25) is 0 Å². The van der Waals surface area contributed by atoms with Crippen molar-refractivity contribution in [2.75, 3.05) is 66.8 Å². The van der Waals surface area contributed by atoms with E-state index in [0.29, 0.717) is 36.6 Å². The van der Waals surface area contributed by atoms with E-state index in [1.807, 2.05) is 38.0 Å². The normalized spacial score (nSPS) is 12.2. The predicted molar refractivity (Wildman–Crippen MR) is 151 cm³/mol. The molecule has 14 heteroatoms. The van der Waals surface area contributed by atoms with E-state index in [2.05, 4.69) is 24.7 Å². The highest BCUT2D eigenvalue weighted by Crippen LogP contribution is 2.29. The summed E-state index contributed by atoms with van der Waals surface area (Å²) < 4.78 is 61.4. The van der Waals surface area contributed by atoms with Gasteiger partial charge in [-0.3, -0.25) is 0 Å². The van der Waals surface area contributed by atoms with Gasteiger partial charge in [-0.2, -0.15) is 0 Å².